The SMILES string of the molecule is Cc1nc(C(C)NCCc2ccc(Cl)cc2)c(C)s1. The normalized spacial score (nSPS) is 12.6. The maximum atomic E-state index is 5.87. The highest BCUT2D eigenvalue weighted by Gasteiger charge is 2.12. The van der Waals surface area contributed by atoms with Gasteiger partial charge in [-0.25, -0.2) is 4.98 Å². The van der Waals surface area contributed by atoms with Crippen molar-refractivity contribution in [1.82, 2.24) is 10.3 Å². The van der Waals surface area contributed by atoms with E-state index in [9.17, 15) is 0 Å². The Kier molecular flexibility index (Phi) is 4.97. The average Bonchev–Trinajstić information content (AvgIpc) is 2.71. The summed E-state index contributed by atoms with van der Waals surface area (Å²) in [4.78, 5) is 5.90. The minimum absolute atomic E-state index is 0.303. The van der Waals surface area contributed by atoms with Crippen molar-refractivity contribution < 1.29 is 0 Å². The van der Waals surface area contributed by atoms with Gasteiger partial charge in [0, 0.05) is 15.9 Å². The van der Waals surface area contributed by atoms with Crippen LogP contribution in [0.25, 0.3) is 0 Å². The van der Waals surface area contributed by atoms with Gasteiger partial charge in [-0.2, -0.15) is 0 Å². The molecule has 0 amide bonds. The van der Waals surface area contributed by atoms with Gasteiger partial charge >= 0.3 is 0 Å². The summed E-state index contributed by atoms with van der Waals surface area (Å²) in [6.45, 7) is 7.31. The number of halogens is 1. The minimum Gasteiger partial charge on any atom is -0.308 e. The molecule has 2 rings (SSSR count). The second-order valence-electron chi connectivity index (χ2n) is 4.73. The Morgan fingerprint density at radius 2 is 1.95 bits per heavy atom. The smallest absolute Gasteiger partial charge is 0.0900 e. The Labute approximate surface area is 123 Å². The molecule has 19 heavy (non-hydrogen) atoms. The fraction of sp³-hybridized carbons (Fsp3) is 0.400. The van der Waals surface area contributed by atoms with Gasteiger partial charge in [-0.1, -0.05) is 23.7 Å². The molecule has 1 aromatic carbocycles. The second kappa shape index (κ2) is 6.51. The minimum atomic E-state index is 0.303. The number of nitrogens with one attached hydrogen (secondary N) is 1. The molecular formula is C15H19ClN2S. The first-order valence-electron chi connectivity index (χ1n) is 6.48. The Balaban J connectivity index is 1.85. The predicted molar refractivity (Wildman–Crippen MR) is 83.2 cm³/mol. The maximum absolute atomic E-state index is 5.87. The third-order valence-electron chi connectivity index (χ3n) is 3.13. The van der Waals surface area contributed by atoms with Crippen LogP contribution in [0.2, 0.25) is 5.02 Å². The highest BCUT2D eigenvalue weighted by molar-refractivity contribution is 7.11. The average molecular weight is 295 g/mol. The van der Waals surface area contributed by atoms with Crippen molar-refractivity contribution >= 4 is 22.9 Å². The monoisotopic (exact) mass is 294 g/mol. The van der Waals surface area contributed by atoms with E-state index < -0.39 is 0 Å². The molecule has 0 aliphatic rings. The van der Waals surface area contributed by atoms with Crippen molar-refractivity contribution in [2.75, 3.05) is 6.54 Å². The molecule has 102 valence electrons. The summed E-state index contributed by atoms with van der Waals surface area (Å²) in [6, 6.07) is 8.33. The fourth-order valence-corrected chi connectivity index (χ4v) is 3.17. The van der Waals surface area contributed by atoms with E-state index in [1.54, 1.807) is 11.3 Å². The van der Waals surface area contributed by atoms with Crippen LogP contribution in [-0.4, -0.2) is 11.5 Å². The van der Waals surface area contributed by atoms with Gasteiger partial charge in [-0.15, -0.1) is 11.3 Å². The molecular weight excluding hydrogens is 276 g/mol. The maximum Gasteiger partial charge on any atom is 0.0900 e. The van der Waals surface area contributed by atoms with Gasteiger partial charge in [-0.05, 0) is 51.4 Å². The standard InChI is InChI=1S/C15H19ClN2S/c1-10(15-11(2)19-12(3)18-15)17-9-8-13-4-6-14(16)7-5-13/h4-7,10,17H,8-9H2,1-3H3. The van der Waals surface area contributed by atoms with Crippen LogP contribution in [0.5, 0.6) is 0 Å². The lowest BCUT2D eigenvalue weighted by Crippen LogP contribution is -2.22. The Bertz CT molecular complexity index is 534. The molecule has 0 aliphatic heterocycles. The molecule has 1 atom stereocenters. The zero-order chi connectivity index (χ0) is 13.8. The Morgan fingerprint density at radius 3 is 2.53 bits per heavy atom. The molecule has 0 spiro atoms. The molecule has 2 aromatic rings. The van der Waals surface area contributed by atoms with E-state index in [0.29, 0.717) is 6.04 Å². The number of nitrogens with zero attached hydrogens (tertiary/aromatic N) is 1. The number of aromatic nitrogens is 1. The van der Waals surface area contributed by atoms with E-state index in [4.69, 9.17) is 11.6 Å². The summed E-state index contributed by atoms with van der Waals surface area (Å²) < 4.78 is 0. The molecule has 4 heteroatoms. The molecule has 1 unspecified atom stereocenters. The third-order valence-corrected chi connectivity index (χ3v) is 4.28. The van der Waals surface area contributed by atoms with Crippen LogP contribution >= 0.6 is 22.9 Å². The van der Waals surface area contributed by atoms with Crippen LogP contribution in [0.4, 0.5) is 0 Å². The predicted octanol–water partition coefficient (Wildman–Crippen LogP) is 4.31. The van der Waals surface area contributed by atoms with E-state index in [1.807, 2.05) is 12.1 Å². The lowest BCUT2D eigenvalue weighted by Gasteiger charge is -2.12. The molecule has 0 fully saturated rings. The van der Waals surface area contributed by atoms with Gasteiger partial charge in [-0.3, -0.25) is 0 Å². The topological polar surface area (TPSA) is 24.9 Å². The van der Waals surface area contributed by atoms with Gasteiger partial charge in [0.1, 0.15) is 0 Å². The summed E-state index contributed by atoms with van der Waals surface area (Å²) in [7, 11) is 0. The first kappa shape index (κ1) is 14.5. The fourth-order valence-electron chi connectivity index (χ4n) is 2.13. The quantitative estimate of drug-likeness (QED) is 0.889. The van der Waals surface area contributed by atoms with Crippen LogP contribution in [-0.2, 0) is 6.42 Å². The lowest BCUT2D eigenvalue weighted by molar-refractivity contribution is 0.563. The van der Waals surface area contributed by atoms with Gasteiger partial charge < -0.3 is 5.32 Å². The van der Waals surface area contributed by atoms with Crippen LogP contribution in [0, 0.1) is 13.8 Å². The number of hydrogen-bond donors (Lipinski definition) is 1. The third kappa shape index (κ3) is 4.03. The molecule has 1 aromatic heterocycles. The Hall–Kier alpha value is -0.900. The van der Waals surface area contributed by atoms with E-state index in [-0.39, 0.29) is 0 Å². The largest absolute Gasteiger partial charge is 0.308 e. The highest BCUT2D eigenvalue weighted by Crippen LogP contribution is 2.22. The number of benzene rings is 1. The van der Waals surface area contributed by atoms with Crippen molar-refractivity contribution in [2.24, 2.45) is 0 Å². The zero-order valence-corrected chi connectivity index (χ0v) is 13.1. The Morgan fingerprint density at radius 1 is 1.26 bits per heavy atom. The van der Waals surface area contributed by atoms with Crippen LogP contribution < -0.4 is 5.32 Å². The first-order valence-corrected chi connectivity index (χ1v) is 7.67. The molecule has 0 saturated heterocycles. The van der Waals surface area contributed by atoms with Crippen molar-refractivity contribution in [2.45, 2.75) is 33.2 Å². The van der Waals surface area contributed by atoms with Gasteiger partial charge in [0.25, 0.3) is 0 Å². The van der Waals surface area contributed by atoms with Gasteiger partial charge in [0.15, 0.2) is 0 Å². The zero-order valence-electron chi connectivity index (χ0n) is 11.5. The number of aryl methyl sites for hydroxylation is 2. The number of rotatable bonds is 5. The molecule has 1 N–H and O–H groups in total. The van der Waals surface area contributed by atoms with E-state index in [1.165, 1.54) is 16.1 Å². The van der Waals surface area contributed by atoms with Crippen molar-refractivity contribution in [3.05, 3.63) is 50.4 Å². The van der Waals surface area contributed by atoms with Crippen molar-refractivity contribution in [3.8, 4) is 0 Å². The summed E-state index contributed by atoms with van der Waals surface area (Å²) in [6.07, 6.45) is 1.00. The summed E-state index contributed by atoms with van der Waals surface area (Å²) in [5.41, 5.74) is 2.48. The van der Waals surface area contributed by atoms with E-state index >= 15 is 0 Å². The molecule has 1 heterocycles. The van der Waals surface area contributed by atoms with Crippen LogP contribution in [0.15, 0.2) is 24.3 Å². The van der Waals surface area contributed by atoms with Crippen LogP contribution in [0.3, 0.4) is 0 Å². The molecule has 0 aliphatic carbocycles. The van der Waals surface area contributed by atoms with E-state index in [2.05, 4.69) is 43.2 Å². The second-order valence-corrected chi connectivity index (χ2v) is 6.57. The molecule has 2 nitrogen and oxygen atoms in total. The number of hydrogen-bond acceptors (Lipinski definition) is 3. The first-order chi connectivity index (χ1) is 9.06. The molecule has 0 saturated carbocycles. The van der Waals surface area contributed by atoms with Crippen molar-refractivity contribution in [1.29, 1.82) is 0 Å². The highest BCUT2D eigenvalue weighted by atomic mass is 35.5. The van der Waals surface area contributed by atoms with Gasteiger partial charge in [0.2, 0.25) is 0 Å². The van der Waals surface area contributed by atoms with Gasteiger partial charge in [0.05, 0.1) is 10.7 Å². The lowest BCUT2D eigenvalue weighted by atomic mass is 10.1. The van der Waals surface area contributed by atoms with Crippen LogP contribution in [0.1, 0.15) is 34.1 Å². The van der Waals surface area contributed by atoms with Crippen molar-refractivity contribution in [3.63, 3.8) is 0 Å². The summed E-state index contributed by atoms with van der Waals surface area (Å²) >= 11 is 7.64. The van der Waals surface area contributed by atoms with E-state index in [0.717, 1.165) is 23.0 Å². The molecule has 0 radical (unpaired) electrons. The summed E-state index contributed by atoms with van der Waals surface area (Å²) in [5, 5.41) is 5.46. The summed E-state index contributed by atoms with van der Waals surface area (Å²) in [5.74, 6) is 0. The molecule has 0 bridgehead atoms. The number of thiazole rings is 1.